The van der Waals surface area contributed by atoms with Crippen LogP contribution in [0.15, 0.2) is 22.7 Å². The van der Waals surface area contributed by atoms with E-state index in [9.17, 15) is 0 Å². The summed E-state index contributed by atoms with van der Waals surface area (Å²) < 4.78 is 8.14. The number of thiophene rings is 1. The zero-order chi connectivity index (χ0) is 9.42. The Morgan fingerprint density at radius 1 is 1.46 bits per heavy atom. The summed E-state index contributed by atoms with van der Waals surface area (Å²) in [5, 5.41) is 1.11. The van der Waals surface area contributed by atoms with Gasteiger partial charge in [-0.05, 0) is 18.2 Å². The Morgan fingerprint density at radius 3 is 2.92 bits per heavy atom. The van der Waals surface area contributed by atoms with Gasteiger partial charge in [-0.1, -0.05) is 27.5 Å². The Balaban J connectivity index is 2.83. The second-order valence-electron chi connectivity index (χ2n) is 2.54. The van der Waals surface area contributed by atoms with Gasteiger partial charge < -0.3 is 4.74 Å². The highest BCUT2D eigenvalue weighted by molar-refractivity contribution is 9.10. The van der Waals surface area contributed by atoms with Gasteiger partial charge in [0, 0.05) is 9.86 Å². The minimum atomic E-state index is 0.778. The molecule has 0 aliphatic rings. The fraction of sp³-hybridized carbons (Fsp3) is 0.111. The van der Waals surface area contributed by atoms with E-state index in [0.717, 1.165) is 24.6 Å². The van der Waals surface area contributed by atoms with Gasteiger partial charge in [-0.15, -0.1) is 11.3 Å². The molecule has 1 heterocycles. The Labute approximate surface area is 93.4 Å². The van der Waals surface area contributed by atoms with Gasteiger partial charge in [-0.2, -0.15) is 0 Å². The Kier molecular flexibility index (Phi) is 2.49. The molecule has 68 valence electrons. The highest BCUT2D eigenvalue weighted by atomic mass is 79.9. The molecule has 4 heteroatoms. The van der Waals surface area contributed by atoms with E-state index < -0.39 is 0 Å². The smallest absolute Gasteiger partial charge is 0.136 e. The van der Waals surface area contributed by atoms with Crippen LogP contribution in [-0.2, 0) is 0 Å². The van der Waals surface area contributed by atoms with Crippen LogP contribution in [0.25, 0.3) is 10.1 Å². The standard InChI is InChI=1S/C9H6BrClOS/c1-12-7-3-2-6(10)5-4-8(11)13-9(5)7/h2-4H,1H3. The SMILES string of the molecule is COc1ccc(Br)c2cc(Cl)sc12. The lowest BCUT2D eigenvalue weighted by Crippen LogP contribution is -1.81. The fourth-order valence-corrected chi connectivity index (χ4v) is 3.02. The maximum absolute atomic E-state index is 5.93. The number of benzene rings is 1. The van der Waals surface area contributed by atoms with Gasteiger partial charge in [0.1, 0.15) is 5.75 Å². The van der Waals surface area contributed by atoms with Gasteiger partial charge in [0.25, 0.3) is 0 Å². The third kappa shape index (κ3) is 1.56. The lowest BCUT2D eigenvalue weighted by Gasteiger charge is -2.01. The maximum Gasteiger partial charge on any atom is 0.136 e. The number of halogens is 2. The molecule has 0 radical (unpaired) electrons. The van der Waals surface area contributed by atoms with Crippen molar-refractivity contribution < 1.29 is 4.74 Å². The molecule has 0 bridgehead atoms. The van der Waals surface area contributed by atoms with Crippen LogP contribution in [0.4, 0.5) is 0 Å². The van der Waals surface area contributed by atoms with Crippen molar-refractivity contribution in [3.63, 3.8) is 0 Å². The van der Waals surface area contributed by atoms with E-state index in [-0.39, 0.29) is 0 Å². The molecular formula is C9H6BrClOS. The summed E-state index contributed by atoms with van der Waals surface area (Å²) in [4.78, 5) is 0. The van der Waals surface area contributed by atoms with E-state index in [4.69, 9.17) is 16.3 Å². The van der Waals surface area contributed by atoms with E-state index in [1.165, 1.54) is 11.3 Å². The van der Waals surface area contributed by atoms with Crippen LogP contribution in [0.3, 0.4) is 0 Å². The van der Waals surface area contributed by atoms with E-state index in [1.807, 2.05) is 18.2 Å². The molecule has 0 aliphatic heterocycles. The van der Waals surface area contributed by atoms with Crippen molar-refractivity contribution in [3.8, 4) is 5.75 Å². The minimum Gasteiger partial charge on any atom is -0.495 e. The second-order valence-corrected chi connectivity index (χ2v) is 5.08. The van der Waals surface area contributed by atoms with Crippen LogP contribution in [0.5, 0.6) is 5.75 Å². The lowest BCUT2D eigenvalue weighted by atomic mass is 10.2. The van der Waals surface area contributed by atoms with Crippen molar-refractivity contribution in [1.29, 1.82) is 0 Å². The zero-order valence-electron chi connectivity index (χ0n) is 6.80. The lowest BCUT2D eigenvalue weighted by molar-refractivity contribution is 0.420. The largest absolute Gasteiger partial charge is 0.495 e. The number of methoxy groups -OCH3 is 1. The molecule has 0 spiro atoms. The molecule has 0 N–H and O–H groups in total. The third-order valence-corrected chi connectivity index (χ3v) is 3.75. The molecular weight excluding hydrogens is 272 g/mol. The van der Waals surface area contributed by atoms with E-state index in [1.54, 1.807) is 7.11 Å². The molecule has 0 fully saturated rings. The molecule has 2 aromatic rings. The number of rotatable bonds is 1. The molecule has 0 amide bonds. The summed E-state index contributed by atoms with van der Waals surface area (Å²) in [6, 6.07) is 5.83. The summed E-state index contributed by atoms with van der Waals surface area (Å²) in [5.74, 6) is 0.870. The predicted molar refractivity (Wildman–Crippen MR) is 61.1 cm³/mol. The number of hydrogen-bond donors (Lipinski definition) is 0. The average Bonchev–Trinajstić information content (AvgIpc) is 2.48. The van der Waals surface area contributed by atoms with Crippen LogP contribution < -0.4 is 4.74 Å². The van der Waals surface area contributed by atoms with Crippen molar-refractivity contribution in [2.45, 2.75) is 0 Å². The van der Waals surface area contributed by atoms with Gasteiger partial charge in [0.2, 0.25) is 0 Å². The molecule has 1 aromatic heterocycles. The number of hydrogen-bond acceptors (Lipinski definition) is 2. The second kappa shape index (κ2) is 3.48. The first-order valence-corrected chi connectivity index (χ1v) is 5.62. The average molecular weight is 278 g/mol. The fourth-order valence-electron chi connectivity index (χ4n) is 1.20. The van der Waals surface area contributed by atoms with Crippen molar-refractivity contribution >= 4 is 49.0 Å². The molecule has 0 unspecified atom stereocenters. The molecule has 0 aliphatic carbocycles. The van der Waals surface area contributed by atoms with Crippen molar-refractivity contribution in [3.05, 3.63) is 27.0 Å². The van der Waals surface area contributed by atoms with Crippen LogP contribution in [0.1, 0.15) is 0 Å². The summed E-state index contributed by atoms with van der Waals surface area (Å²) in [7, 11) is 1.66. The first-order valence-electron chi connectivity index (χ1n) is 3.64. The molecule has 2 rings (SSSR count). The monoisotopic (exact) mass is 276 g/mol. The minimum absolute atomic E-state index is 0.778. The quantitative estimate of drug-likeness (QED) is 0.754. The van der Waals surface area contributed by atoms with Gasteiger partial charge >= 0.3 is 0 Å². The summed E-state index contributed by atoms with van der Waals surface area (Å²) in [6.07, 6.45) is 0. The van der Waals surface area contributed by atoms with Gasteiger partial charge in [-0.3, -0.25) is 0 Å². The zero-order valence-corrected chi connectivity index (χ0v) is 9.96. The first-order chi connectivity index (χ1) is 6.22. The summed E-state index contributed by atoms with van der Waals surface area (Å²) >= 11 is 10.9. The van der Waals surface area contributed by atoms with Crippen LogP contribution in [-0.4, -0.2) is 7.11 Å². The van der Waals surface area contributed by atoms with E-state index in [0.29, 0.717) is 0 Å². The topological polar surface area (TPSA) is 9.23 Å². The van der Waals surface area contributed by atoms with Crippen LogP contribution in [0, 0.1) is 0 Å². The molecule has 0 atom stereocenters. The number of ether oxygens (including phenoxy) is 1. The summed E-state index contributed by atoms with van der Waals surface area (Å²) in [6.45, 7) is 0. The van der Waals surface area contributed by atoms with E-state index >= 15 is 0 Å². The van der Waals surface area contributed by atoms with E-state index in [2.05, 4.69) is 15.9 Å². The van der Waals surface area contributed by atoms with Gasteiger partial charge in [0.15, 0.2) is 0 Å². The molecule has 1 aromatic carbocycles. The van der Waals surface area contributed by atoms with Crippen LogP contribution >= 0.6 is 38.9 Å². The summed E-state index contributed by atoms with van der Waals surface area (Å²) in [5.41, 5.74) is 0. The first kappa shape index (κ1) is 9.31. The molecule has 0 saturated carbocycles. The van der Waals surface area contributed by atoms with Crippen LogP contribution in [0.2, 0.25) is 4.34 Å². The molecule has 13 heavy (non-hydrogen) atoms. The van der Waals surface area contributed by atoms with Crippen molar-refractivity contribution in [2.24, 2.45) is 0 Å². The molecule has 0 saturated heterocycles. The Morgan fingerprint density at radius 2 is 2.23 bits per heavy atom. The van der Waals surface area contributed by atoms with Crippen molar-refractivity contribution in [2.75, 3.05) is 7.11 Å². The predicted octanol–water partition coefficient (Wildman–Crippen LogP) is 4.33. The highest BCUT2D eigenvalue weighted by Crippen LogP contribution is 2.39. The molecule has 1 nitrogen and oxygen atoms in total. The highest BCUT2D eigenvalue weighted by Gasteiger charge is 2.08. The van der Waals surface area contributed by atoms with Gasteiger partial charge in [-0.25, -0.2) is 0 Å². The Bertz CT molecular complexity index is 452. The Hall–Kier alpha value is -0.250. The maximum atomic E-state index is 5.93. The number of fused-ring (bicyclic) bond motifs is 1. The normalized spacial score (nSPS) is 10.7. The van der Waals surface area contributed by atoms with Gasteiger partial charge in [0.05, 0.1) is 16.1 Å². The van der Waals surface area contributed by atoms with Crippen molar-refractivity contribution in [1.82, 2.24) is 0 Å². The third-order valence-electron chi connectivity index (χ3n) is 1.78.